The Balaban J connectivity index is 1.42. The molecule has 0 spiro atoms. The van der Waals surface area contributed by atoms with E-state index in [0.717, 1.165) is 35.5 Å². The Hall–Kier alpha value is -3.80. The van der Waals surface area contributed by atoms with Gasteiger partial charge in [0.1, 0.15) is 11.5 Å². The number of amides is 2. The van der Waals surface area contributed by atoms with E-state index in [1.54, 1.807) is 38.5 Å². The lowest BCUT2D eigenvalue weighted by Gasteiger charge is -2.08. The fourth-order valence-electron chi connectivity index (χ4n) is 3.20. The summed E-state index contributed by atoms with van der Waals surface area (Å²) in [7, 11) is 3.26. The number of nitrogens with one attached hydrogen (secondary N) is 2. The minimum atomic E-state index is -0.162. The molecule has 0 aliphatic carbocycles. The van der Waals surface area contributed by atoms with E-state index >= 15 is 0 Å². The first-order valence-electron chi connectivity index (χ1n) is 10.5. The van der Waals surface area contributed by atoms with Crippen LogP contribution in [0.3, 0.4) is 0 Å². The van der Waals surface area contributed by atoms with Crippen molar-refractivity contribution in [1.29, 1.82) is 0 Å². The number of hydrogen-bond acceptors (Lipinski definition) is 4. The lowest BCUT2D eigenvalue weighted by atomic mass is 10.1. The third-order valence-electron chi connectivity index (χ3n) is 5.13. The molecule has 3 aromatic carbocycles. The van der Waals surface area contributed by atoms with Gasteiger partial charge in [-0.2, -0.15) is 0 Å². The number of ether oxygens (including phenoxy) is 2. The Morgan fingerprint density at radius 3 is 1.25 bits per heavy atom. The van der Waals surface area contributed by atoms with Crippen LogP contribution in [-0.2, 0) is 12.8 Å². The van der Waals surface area contributed by atoms with Gasteiger partial charge >= 0.3 is 0 Å². The van der Waals surface area contributed by atoms with Crippen molar-refractivity contribution >= 4 is 11.8 Å². The maximum atomic E-state index is 12.4. The van der Waals surface area contributed by atoms with Crippen molar-refractivity contribution in [1.82, 2.24) is 10.6 Å². The predicted molar refractivity (Wildman–Crippen MR) is 125 cm³/mol. The molecule has 0 saturated carbocycles. The molecular formula is C26H28N2O4. The molecule has 2 N–H and O–H groups in total. The standard InChI is InChI=1S/C26H28N2O4/c1-31-23-11-3-19(4-12-23)15-17-27-25(29)21-7-9-22(10-8-21)26(30)28-18-16-20-5-13-24(32-2)14-6-20/h3-14H,15-18H2,1-2H3,(H,27,29)(H,28,30). The Kier molecular flexibility index (Phi) is 8.26. The summed E-state index contributed by atoms with van der Waals surface area (Å²) in [6.07, 6.45) is 1.45. The normalized spacial score (nSPS) is 10.3. The van der Waals surface area contributed by atoms with Crippen molar-refractivity contribution in [2.75, 3.05) is 27.3 Å². The molecule has 2 amide bonds. The number of rotatable bonds is 10. The van der Waals surface area contributed by atoms with E-state index in [2.05, 4.69) is 10.6 Å². The van der Waals surface area contributed by atoms with Crippen LogP contribution in [0.5, 0.6) is 11.5 Å². The molecule has 0 aliphatic rings. The Morgan fingerprint density at radius 2 is 0.938 bits per heavy atom. The Labute approximate surface area is 188 Å². The van der Waals surface area contributed by atoms with Gasteiger partial charge in [0, 0.05) is 24.2 Å². The molecule has 0 saturated heterocycles. The molecular weight excluding hydrogens is 404 g/mol. The van der Waals surface area contributed by atoms with Crippen LogP contribution in [-0.4, -0.2) is 39.1 Å². The number of carbonyl (C=O) groups excluding carboxylic acids is 2. The average molecular weight is 433 g/mol. The summed E-state index contributed by atoms with van der Waals surface area (Å²) in [6, 6.07) is 22.2. The Bertz CT molecular complexity index is 929. The SMILES string of the molecule is COc1ccc(CCNC(=O)c2ccc(C(=O)NCCc3ccc(OC)cc3)cc2)cc1. The van der Waals surface area contributed by atoms with Crippen LogP contribution in [0.2, 0.25) is 0 Å². The fraction of sp³-hybridized carbons (Fsp3) is 0.231. The number of benzene rings is 3. The van der Waals surface area contributed by atoms with E-state index in [4.69, 9.17) is 9.47 Å². The number of hydrogen-bond donors (Lipinski definition) is 2. The van der Waals surface area contributed by atoms with Crippen LogP contribution < -0.4 is 20.1 Å². The van der Waals surface area contributed by atoms with Gasteiger partial charge in [0.05, 0.1) is 14.2 Å². The zero-order chi connectivity index (χ0) is 22.8. The van der Waals surface area contributed by atoms with Crippen LogP contribution >= 0.6 is 0 Å². The molecule has 0 unspecified atom stereocenters. The van der Waals surface area contributed by atoms with Gasteiger partial charge in [-0.15, -0.1) is 0 Å². The first-order chi connectivity index (χ1) is 15.6. The van der Waals surface area contributed by atoms with E-state index in [-0.39, 0.29) is 11.8 Å². The first-order valence-corrected chi connectivity index (χ1v) is 10.5. The first kappa shape index (κ1) is 22.9. The summed E-state index contributed by atoms with van der Waals surface area (Å²) in [5.74, 6) is 1.29. The predicted octanol–water partition coefficient (Wildman–Crippen LogP) is 3.65. The molecule has 166 valence electrons. The highest BCUT2D eigenvalue weighted by Crippen LogP contribution is 2.12. The van der Waals surface area contributed by atoms with Crippen LogP contribution in [0.25, 0.3) is 0 Å². The van der Waals surface area contributed by atoms with Crippen molar-refractivity contribution in [3.8, 4) is 11.5 Å². The Morgan fingerprint density at radius 1 is 0.594 bits per heavy atom. The largest absolute Gasteiger partial charge is 0.497 e. The summed E-state index contributed by atoms with van der Waals surface area (Å²) < 4.78 is 10.3. The molecule has 0 atom stereocenters. The van der Waals surface area contributed by atoms with Crippen LogP contribution in [0.4, 0.5) is 0 Å². The highest BCUT2D eigenvalue weighted by molar-refractivity contribution is 5.97. The topological polar surface area (TPSA) is 76.7 Å². The van der Waals surface area contributed by atoms with Crippen molar-refractivity contribution in [3.63, 3.8) is 0 Å². The second kappa shape index (κ2) is 11.6. The third-order valence-corrected chi connectivity index (χ3v) is 5.13. The highest BCUT2D eigenvalue weighted by atomic mass is 16.5. The molecule has 6 nitrogen and oxygen atoms in total. The van der Waals surface area contributed by atoms with Gasteiger partial charge in [-0.3, -0.25) is 9.59 Å². The quantitative estimate of drug-likeness (QED) is 0.513. The van der Waals surface area contributed by atoms with Gasteiger partial charge in [0.2, 0.25) is 0 Å². The average Bonchev–Trinajstić information content (AvgIpc) is 2.85. The molecule has 3 rings (SSSR count). The number of methoxy groups -OCH3 is 2. The molecule has 6 heteroatoms. The van der Waals surface area contributed by atoms with Gasteiger partial charge < -0.3 is 20.1 Å². The van der Waals surface area contributed by atoms with Gasteiger partial charge in [-0.05, 0) is 72.5 Å². The maximum Gasteiger partial charge on any atom is 0.251 e. The van der Waals surface area contributed by atoms with E-state index < -0.39 is 0 Å². The minimum Gasteiger partial charge on any atom is -0.497 e. The zero-order valence-electron chi connectivity index (χ0n) is 18.4. The summed E-state index contributed by atoms with van der Waals surface area (Å²) in [4.78, 5) is 24.7. The van der Waals surface area contributed by atoms with E-state index in [0.29, 0.717) is 24.2 Å². The summed E-state index contributed by atoms with van der Waals surface area (Å²) >= 11 is 0. The monoisotopic (exact) mass is 432 g/mol. The van der Waals surface area contributed by atoms with Gasteiger partial charge in [0.25, 0.3) is 11.8 Å². The lowest BCUT2D eigenvalue weighted by Crippen LogP contribution is -2.27. The van der Waals surface area contributed by atoms with Gasteiger partial charge in [-0.25, -0.2) is 0 Å². The van der Waals surface area contributed by atoms with Crippen molar-refractivity contribution < 1.29 is 19.1 Å². The summed E-state index contributed by atoms with van der Waals surface area (Å²) in [5.41, 5.74) is 3.28. The highest BCUT2D eigenvalue weighted by Gasteiger charge is 2.09. The van der Waals surface area contributed by atoms with Crippen LogP contribution in [0.15, 0.2) is 72.8 Å². The third kappa shape index (κ3) is 6.60. The van der Waals surface area contributed by atoms with E-state index in [9.17, 15) is 9.59 Å². The fourth-order valence-corrected chi connectivity index (χ4v) is 3.20. The van der Waals surface area contributed by atoms with Crippen molar-refractivity contribution in [3.05, 3.63) is 95.1 Å². The lowest BCUT2D eigenvalue weighted by molar-refractivity contribution is 0.0942. The minimum absolute atomic E-state index is 0.162. The second-order valence-corrected chi connectivity index (χ2v) is 7.29. The van der Waals surface area contributed by atoms with Gasteiger partial charge in [0.15, 0.2) is 0 Å². The molecule has 0 aliphatic heterocycles. The van der Waals surface area contributed by atoms with Crippen molar-refractivity contribution in [2.24, 2.45) is 0 Å². The molecule has 0 fully saturated rings. The maximum absolute atomic E-state index is 12.4. The molecule has 0 radical (unpaired) electrons. The van der Waals surface area contributed by atoms with Crippen molar-refractivity contribution in [2.45, 2.75) is 12.8 Å². The number of carbonyl (C=O) groups is 2. The smallest absolute Gasteiger partial charge is 0.251 e. The summed E-state index contributed by atoms with van der Waals surface area (Å²) in [6.45, 7) is 1.05. The van der Waals surface area contributed by atoms with Gasteiger partial charge in [-0.1, -0.05) is 24.3 Å². The van der Waals surface area contributed by atoms with E-state index in [1.807, 2.05) is 48.5 Å². The van der Waals surface area contributed by atoms with E-state index in [1.165, 1.54) is 0 Å². The van der Waals surface area contributed by atoms with Crippen LogP contribution in [0.1, 0.15) is 31.8 Å². The second-order valence-electron chi connectivity index (χ2n) is 7.29. The molecule has 0 bridgehead atoms. The van der Waals surface area contributed by atoms with Crippen LogP contribution in [0, 0.1) is 0 Å². The molecule has 32 heavy (non-hydrogen) atoms. The molecule has 0 heterocycles. The summed E-state index contributed by atoms with van der Waals surface area (Å²) in [5, 5.41) is 5.81. The molecule has 0 aromatic heterocycles. The zero-order valence-corrected chi connectivity index (χ0v) is 18.4. The molecule has 3 aromatic rings.